The van der Waals surface area contributed by atoms with Crippen LogP contribution in [0.3, 0.4) is 0 Å². The number of hydrogen-bond donors (Lipinski definition) is 2. The van der Waals surface area contributed by atoms with Gasteiger partial charge in [-0.2, -0.15) is 0 Å². The first-order chi connectivity index (χ1) is 9.65. The second kappa shape index (κ2) is 5.49. The van der Waals surface area contributed by atoms with Gasteiger partial charge in [0, 0.05) is 17.1 Å². The lowest BCUT2D eigenvalue weighted by Crippen LogP contribution is -2.33. The van der Waals surface area contributed by atoms with Crippen LogP contribution in [-0.2, 0) is 0 Å². The summed E-state index contributed by atoms with van der Waals surface area (Å²) in [4.78, 5) is 3.41. The average Bonchev–Trinajstić information content (AvgIpc) is 2.81. The molecule has 20 heavy (non-hydrogen) atoms. The van der Waals surface area contributed by atoms with Gasteiger partial charge in [-0.05, 0) is 69.0 Å². The van der Waals surface area contributed by atoms with Crippen LogP contribution in [0.15, 0.2) is 24.4 Å². The van der Waals surface area contributed by atoms with E-state index in [2.05, 4.69) is 55.5 Å². The molecule has 0 saturated carbocycles. The highest BCUT2D eigenvalue weighted by Crippen LogP contribution is 2.36. The second-order valence-corrected chi connectivity index (χ2v) is 6.19. The van der Waals surface area contributed by atoms with E-state index < -0.39 is 0 Å². The van der Waals surface area contributed by atoms with Crippen LogP contribution in [0.2, 0.25) is 0 Å². The molecule has 1 fully saturated rings. The lowest BCUT2D eigenvalue weighted by atomic mass is 9.82. The third kappa shape index (κ3) is 2.55. The molecule has 0 spiro atoms. The fourth-order valence-corrected chi connectivity index (χ4v) is 3.25. The summed E-state index contributed by atoms with van der Waals surface area (Å²) in [6.07, 6.45) is 3.62. The summed E-state index contributed by atoms with van der Waals surface area (Å²) in [6.45, 7) is 8.70. The Morgan fingerprint density at radius 2 is 2.15 bits per heavy atom. The van der Waals surface area contributed by atoms with Crippen molar-refractivity contribution in [2.45, 2.75) is 39.2 Å². The molecule has 1 aromatic heterocycles. The Hall–Kier alpha value is -1.48. The van der Waals surface area contributed by atoms with E-state index >= 15 is 0 Å². The molecule has 2 heterocycles. The van der Waals surface area contributed by atoms with Crippen molar-refractivity contribution in [3.63, 3.8) is 0 Å². The Kier molecular flexibility index (Phi) is 3.70. The van der Waals surface area contributed by atoms with E-state index in [-0.39, 0.29) is 6.10 Å². The predicted molar refractivity (Wildman–Crippen MR) is 83.5 cm³/mol. The number of fused-ring (bicyclic) bond motifs is 1. The Morgan fingerprint density at radius 1 is 1.30 bits per heavy atom. The largest absolute Gasteiger partial charge is 0.491 e. The summed E-state index contributed by atoms with van der Waals surface area (Å²) in [5, 5.41) is 4.80. The van der Waals surface area contributed by atoms with Crippen LogP contribution in [-0.4, -0.2) is 24.2 Å². The first-order valence-corrected chi connectivity index (χ1v) is 7.63. The normalized spacial score (nSPS) is 23.4. The molecule has 2 unspecified atom stereocenters. The summed E-state index contributed by atoms with van der Waals surface area (Å²) >= 11 is 0. The summed E-state index contributed by atoms with van der Waals surface area (Å²) in [5.41, 5.74) is 2.66. The maximum Gasteiger partial charge on any atom is 0.120 e. The predicted octanol–water partition coefficient (Wildman–Crippen LogP) is 3.67. The molecule has 2 atom stereocenters. The molecule has 1 aromatic carbocycles. The number of rotatable bonds is 3. The minimum absolute atomic E-state index is 0.215. The minimum atomic E-state index is 0.215. The SMILES string of the molecule is CC(C)Oc1ccc2[nH]cc(C3CCNCC3C)c2c1. The number of aromatic amines is 1. The summed E-state index contributed by atoms with van der Waals surface area (Å²) in [6, 6.07) is 6.37. The summed E-state index contributed by atoms with van der Waals surface area (Å²) < 4.78 is 5.83. The van der Waals surface area contributed by atoms with Crippen LogP contribution >= 0.6 is 0 Å². The monoisotopic (exact) mass is 272 g/mol. The molecule has 1 saturated heterocycles. The van der Waals surface area contributed by atoms with Crippen LogP contribution in [0.25, 0.3) is 10.9 Å². The van der Waals surface area contributed by atoms with E-state index in [0.717, 1.165) is 18.8 Å². The number of piperidine rings is 1. The molecule has 0 aliphatic carbocycles. The highest BCUT2D eigenvalue weighted by molar-refractivity contribution is 5.85. The molecule has 3 heteroatoms. The van der Waals surface area contributed by atoms with Gasteiger partial charge in [-0.3, -0.25) is 0 Å². The average molecular weight is 272 g/mol. The van der Waals surface area contributed by atoms with Crippen molar-refractivity contribution in [1.82, 2.24) is 10.3 Å². The van der Waals surface area contributed by atoms with Gasteiger partial charge in [0.2, 0.25) is 0 Å². The van der Waals surface area contributed by atoms with Gasteiger partial charge < -0.3 is 15.0 Å². The molecule has 0 bridgehead atoms. The number of aromatic nitrogens is 1. The molecule has 0 amide bonds. The minimum Gasteiger partial charge on any atom is -0.491 e. The lowest BCUT2D eigenvalue weighted by Gasteiger charge is -2.29. The quantitative estimate of drug-likeness (QED) is 0.894. The second-order valence-electron chi connectivity index (χ2n) is 6.19. The van der Waals surface area contributed by atoms with Crippen molar-refractivity contribution in [3.05, 3.63) is 30.0 Å². The van der Waals surface area contributed by atoms with E-state index in [1.54, 1.807) is 0 Å². The van der Waals surface area contributed by atoms with Gasteiger partial charge in [-0.15, -0.1) is 0 Å². The number of hydrogen-bond acceptors (Lipinski definition) is 2. The number of H-pyrrole nitrogens is 1. The summed E-state index contributed by atoms with van der Waals surface area (Å²) in [5.74, 6) is 2.28. The van der Waals surface area contributed by atoms with Crippen molar-refractivity contribution in [1.29, 1.82) is 0 Å². The van der Waals surface area contributed by atoms with Gasteiger partial charge >= 0.3 is 0 Å². The van der Waals surface area contributed by atoms with Crippen molar-refractivity contribution >= 4 is 10.9 Å². The van der Waals surface area contributed by atoms with Crippen LogP contribution in [0, 0.1) is 5.92 Å². The fraction of sp³-hybridized carbons (Fsp3) is 0.529. The number of ether oxygens (including phenoxy) is 1. The lowest BCUT2D eigenvalue weighted by molar-refractivity contribution is 0.242. The first kappa shape index (κ1) is 13.5. The highest BCUT2D eigenvalue weighted by atomic mass is 16.5. The molecular weight excluding hydrogens is 248 g/mol. The first-order valence-electron chi connectivity index (χ1n) is 7.63. The van der Waals surface area contributed by atoms with Gasteiger partial charge in [0.25, 0.3) is 0 Å². The van der Waals surface area contributed by atoms with Gasteiger partial charge in [0.1, 0.15) is 5.75 Å². The Labute approximate surface area is 120 Å². The molecule has 3 nitrogen and oxygen atoms in total. The Balaban J connectivity index is 1.98. The molecule has 2 aromatic rings. The third-order valence-corrected chi connectivity index (χ3v) is 4.24. The van der Waals surface area contributed by atoms with E-state index in [1.807, 2.05) is 0 Å². The molecule has 0 radical (unpaired) electrons. The van der Waals surface area contributed by atoms with Gasteiger partial charge in [-0.25, -0.2) is 0 Å². The van der Waals surface area contributed by atoms with Crippen LogP contribution < -0.4 is 10.1 Å². The van der Waals surface area contributed by atoms with E-state index in [1.165, 1.54) is 22.9 Å². The number of benzene rings is 1. The van der Waals surface area contributed by atoms with Crippen molar-refractivity contribution in [3.8, 4) is 5.75 Å². The topological polar surface area (TPSA) is 37.0 Å². The third-order valence-electron chi connectivity index (χ3n) is 4.24. The van der Waals surface area contributed by atoms with Gasteiger partial charge in [0.05, 0.1) is 6.10 Å². The van der Waals surface area contributed by atoms with Crippen LogP contribution in [0.5, 0.6) is 5.75 Å². The van der Waals surface area contributed by atoms with Crippen LogP contribution in [0.1, 0.15) is 38.7 Å². The molecule has 1 aliphatic heterocycles. The maximum atomic E-state index is 5.83. The van der Waals surface area contributed by atoms with Crippen molar-refractivity contribution in [2.75, 3.05) is 13.1 Å². The van der Waals surface area contributed by atoms with Gasteiger partial charge in [-0.1, -0.05) is 6.92 Å². The molecule has 3 rings (SSSR count). The highest BCUT2D eigenvalue weighted by Gasteiger charge is 2.25. The van der Waals surface area contributed by atoms with Gasteiger partial charge in [0.15, 0.2) is 0 Å². The summed E-state index contributed by atoms with van der Waals surface area (Å²) in [7, 11) is 0. The van der Waals surface area contributed by atoms with Crippen molar-refractivity contribution in [2.24, 2.45) is 5.92 Å². The fourth-order valence-electron chi connectivity index (χ4n) is 3.25. The van der Waals surface area contributed by atoms with E-state index in [4.69, 9.17) is 4.74 Å². The zero-order chi connectivity index (χ0) is 14.1. The zero-order valence-corrected chi connectivity index (χ0v) is 12.6. The van der Waals surface area contributed by atoms with Crippen molar-refractivity contribution < 1.29 is 4.74 Å². The Morgan fingerprint density at radius 3 is 2.90 bits per heavy atom. The van der Waals surface area contributed by atoms with Crippen LogP contribution in [0.4, 0.5) is 0 Å². The molecule has 2 N–H and O–H groups in total. The molecular formula is C17H24N2O. The number of nitrogens with one attached hydrogen (secondary N) is 2. The van der Waals surface area contributed by atoms with E-state index in [9.17, 15) is 0 Å². The Bertz CT molecular complexity index is 588. The maximum absolute atomic E-state index is 5.83. The zero-order valence-electron chi connectivity index (χ0n) is 12.6. The molecule has 1 aliphatic rings. The smallest absolute Gasteiger partial charge is 0.120 e. The standard InChI is InChI=1S/C17H24N2O/c1-11(2)20-13-4-5-17-15(8-13)16(10-19-17)14-6-7-18-9-12(14)3/h4-5,8,10-12,14,18-19H,6-7,9H2,1-3H3. The molecule has 108 valence electrons. The van der Waals surface area contributed by atoms with E-state index in [0.29, 0.717) is 11.8 Å².